The van der Waals surface area contributed by atoms with E-state index in [-0.39, 0.29) is 0 Å². The minimum Gasteiger partial charge on any atom is -0.493 e. The Morgan fingerprint density at radius 1 is 1.46 bits per heavy atom. The SMILES string of the molecule is COc1c(Cl)cc(Cl)cc1NCBr. The van der Waals surface area contributed by atoms with Crippen LogP contribution in [0.5, 0.6) is 5.75 Å². The minimum atomic E-state index is 0.499. The number of benzene rings is 1. The van der Waals surface area contributed by atoms with Crippen molar-refractivity contribution in [1.82, 2.24) is 0 Å². The zero-order valence-corrected chi connectivity index (χ0v) is 10.0. The average Bonchev–Trinajstić information content (AvgIpc) is 2.04. The lowest BCUT2D eigenvalue weighted by Crippen LogP contribution is -1.97. The van der Waals surface area contributed by atoms with Crippen LogP contribution in [-0.4, -0.2) is 12.6 Å². The number of ether oxygens (including phenoxy) is 1. The molecule has 0 saturated heterocycles. The number of anilines is 1. The van der Waals surface area contributed by atoms with Gasteiger partial charge in [-0.15, -0.1) is 0 Å². The van der Waals surface area contributed by atoms with Crippen molar-refractivity contribution in [2.45, 2.75) is 0 Å². The average molecular weight is 285 g/mol. The second-order valence-electron chi connectivity index (χ2n) is 2.28. The fraction of sp³-hybridized carbons (Fsp3) is 0.250. The molecule has 0 unspecified atom stereocenters. The quantitative estimate of drug-likeness (QED) is 0.674. The molecule has 0 radical (unpaired) electrons. The molecule has 5 heteroatoms. The van der Waals surface area contributed by atoms with Gasteiger partial charge in [-0.1, -0.05) is 39.1 Å². The van der Waals surface area contributed by atoms with E-state index in [1.807, 2.05) is 0 Å². The van der Waals surface area contributed by atoms with Crippen LogP contribution in [0.3, 0.4) is 0 Å². The molecule has 13 heavy (non-hydrogen) atoms. The fourth-order valence-electron chi connectivity index (χ4n) is 0.971. The summed E-state index contributed by atoms with van der Waals surface area (Å²) in [6.07, 6.45) is 0. The lowest BCUT2D eigenvalue weighted by Gasteiger charge is -2.10. The fourth-order valence-corrected chi connectivity index (χ4v) is 1.84. The van der Waals surface area contributed by atoms with E-state index in [1.54, 1.807) is 19.2 Å². The Hall–Kier alpha value is -0.120. The molecule has 2 nitrogen and oxygen atoms in total. The Morgan fingerprint density at radius 3 is 2.69 bits per heavy atom. The van der Waals surface area contributed by atoms with Gasteiger partial charge in [-0.2, -0.15) is 0 Å². The summed E-state index contributed by atoms with van der Waals surface area (Å²) in [5, 5.41) is 4.11. The van der Waals surface area contributed by atoms with Crippen LogP contribution < -0.4 is 10.1 Å². The molecule has 72 valence electrons. The van der Waals surface area contributed by atoms with Crippen molar-refractivity contribution in [2.75, 3.05) is 17.9 Å². The molecular formula is C8H8BrCl2NO. The molecule has 0 aromatic heterocycles. The number of hydrogen-bond donors (Lipinski definition) is 1. The predicted molar refractivity (Wildman–Crippen MR) is 60.4 cm³/mol. The van der Waals surface area contributed by atoms with E-state index in [9.17, 15) is 0 Å². The molecule has 0 saturated carbocycles. The molecule has 0 heterocycles. The minimum absolute atomic E-state index is 0.499. The largest absolute Gasteiger partial charge is 0.493 e. The lowest BCUT2D eigenvalue weighted by molar-refractivity contribution is 0.417. The second-order valence-corrected chi connectivity index (χ2v) is 3.68. The Bertz CT molecular complexity index is 306. The van der Waals surface area contributed by atoms with Gasteiger partial charge in [0.05, 0.1) is 23.3 Å². The van der Waals surface area contributed by atoms with Crippen LogP contribution in [0.15, 0.2) is 12.1 Å². The molecule has 1 aromatic carbocycles. The number of hydrogen-bond acceptors (Lipinski definition) is 2. The summed E-state index contributed by atoms with van der Waals surface area (Å²) in [6.45, 7) is 0. The van der Waals surface area contributed by atoms with Crippen LogP contribution in [0.25, 0.3) is 0 Å². The van der Waals surface area contributed by atoms with E-state index in [0.717, 1.165) is 5.69 Å². The standard InChI is InChI=1S/C8H8BrCl2NO/c1-13-8-6(11)2-5(10)3-7(8)12-4-9/h2-3,12H,4H2,1H3. The van der Waals surface area contributed by atoms with Gasteiger partial charge < -0.3 is 10.1 Å². The smallest absolute Gasteiger partial charge is 0.160 e. The maximum Gasteiger partial charge on any atom is 0.160 e. The Kier molecular flexibility index (Phi) is 4.16. The first-order valence-corrected chi connectivity index (χ1v) is 5.39. The van der Waals surface area contributed by atoms with Gasteiger partial charge in [-0.3, -0.25) is 0 Å². The van der Waals surface area contributed by atoms with Gasteiger partial charge in [0.1, 0.15) is 0 Å². The Morgan fingerprint density at radius 2 is 2.15 bits per heavy atom. The summed E-state index contributed by atoms with van der Waals surface area (Å²) < 4.78 is 5.11. The van der Waals surface area contributed by atoms with Crippen molar-refractivity contribution in [3.8, 4) is 5.75 Å². The van der Waals surface area contributed by atoms with E-state index < -0.39 is 0 Å². The summed E-state index contributed by atoms with van der Waals surface area (Å²) in [5.74, 6) is 0.602. The molecule has 0 amide bonds. The molecule has 0 bridgehead atoms. The highest BCUT2D eigenvalue weighted by atomic mass is 79.9. The van der Waals surface area contributed by atoms with Gasteiger partial charge in [0, 0.05) is 5.02 Å². The summed E-state index contributed by atoms with van der Waals surface area (Å²) in [6, 6.07) is 3.40. The summed E-state index contributed by atoms with van der Waals surface area (Å²) in [5.41, 5.74) is 1.39. The Labute approximate surface area is 95.3 Å². The van der Waals surface area contributed by atoms with E-state index >= 15 is 0 Å². The topological polar surface area (TPSA) is 21.3 Å². The van der Waals surface area contributed by atoms with Crippen LogP contribution in [-0.2, 0) is 0 Å². The first-order chi connectivity index (χ1) is 6.19. The highest BCUT2D eigenvalue weighted by Crippen LogP contribution is 2.35. The molecular weight excluding hydrogens is 277 g/mol. The molecule has 1 aromatic rings. The summed E-state index contributed by atoms with van der Waals surface area (Å²) >= 11 is 15.0. The molecule has 0 atom stereocenters. The number of halogens is 3. The van der Waals surface area contributed by atoms with Gasteiger partial charge in [0.15, 0.2) is 5.75 Å². The van der Waals surface area contributed by atoms with Gasteiger partial charge in [0.25, 0.3) is 0 Å². The van der Waals surface area contributed by atoms with Crippen LogP contribution >= 0.6 is 39.1 Å². The first kappa shape index (κ1) is 11.0. The van der Waals surface area contributed by atoms with E-state index in [2.05, 4.69) is 21.2 Å². The van der Waals surface area contributed by atoms with Gasteiger partial charge >= 0.3 is 0 Å². The van der Waals surface area contributed by atoms with Gasteiger partial charge in [-0.05, 0) is 12.1 Å². The van der Waals surface area contributed by atoms with Crippen molar-refractivity contribution >= 4 is 44.8 Å². The second kappa shape index (κ2) is 4.94. The van der Waals surface area contributed by atoms with Crippen LogP contribution in [0, 0.1) is 0 Å². The number of methoxy groups -OCH3 is 1. The summed E-state index contributed by atoms with van der Waals surface area (Å²) in [4.78, 5) is 0. The number of rotatable bonds is 3. The van der Waals surface area contributed by atoms with Crippen molar-refractivity contribution in [3.05, 3.63) is 22.2 Å². The normalized spacial score (nSPS) is 9.85. The van der Waals surface area contributed by atoms with Crippen LogP contribution in [0.4, 0.5) is 5.69 Å². The zero-order chi connectivity index (χ0) is 9.84. The molecule has 0 spiro atoms. The third-order valence-corrected chi connectivity index (χ3v) is 2.25. The summed E-state index contributed by atoms with van der Waals surface area (Å²) in [7, 11) is 1.56. The third-order valence-electron chi connectivity index (χ3n) is 1.47. The molecule has 0 aliphatic rings. The van der Waals surface area contributed by atoms with Crippen molar-refractivity contribution in [2.24, 2.45) is 0 Å². The maximum absolute atomic E-state index is 5.91. The van der Waals surface area contributed by atoms with Crippen LogP contribution in [0.2, 0.25) is 10.0 Å². The van der Waals surface area contributed by atoms with Crippen LogP contribution in [0.1, 0.15) is 0 Å². The molecule has 0 aliphatic heterocycles. The van der Waals surface area contributed by atoms with Crippen molar-refractivity contribution < 1.29 is 4.74 Å². The highest BCUT2D eigenvalue weighted by molar-refractivity contribution is 9.09. The van der Waals surface area contributed by atoms with Gasteiger partial charge in [-0.25, -0.2) is 0 Å². The lowest BCUT2D eigenvalue weighted by atomic mass is 10.3. The predicted octanol–water partition coefficient (Wildman–Crippen LogP) is 3.77. The monoisotopic (exact) mass is 283 g/mol. The van der Waals surface area contributed by atoms with E-state index in [0.29, 0.717) is 21.2 Å². The van der Waals surface area contributed by atoms with Gasteiger partial charge in [0.2, 0.25) is 0 Å². The molecule has 0 fully saturated rings. The van der Waals surface area contributed by atoms with Crippen molar-refractivity contribution in [1.29, 1.82) is 0 Å². The molecule has 1 rings (SSSR count). The molecule has 0 aliphatic carbocycles. The third kappa shape index (κ3) is 2.66. The van der Waals surface area contributed by atoms with E-state index in [4.69, 9.17) is 27.9 Å². The van der Waals surface area contributed by atoms with Crippen molar-refractivity contribution in [3.63, 3.8) is 0 Å². The zero-order valence-electron chi connectivity index (χ0n) is 6.90. The Balaban J connectivity index is 3.13. The number of nitrogens with one attached hydrogen (secondary N) is 1. The number of alkyl halides is 1. The molecule has 1 N–H and O–H groups in total. The first-order valence-electron chi connectivity index (χ1n) is 3.52. The highest BCUT2D eigenvalue weighted by Gasteiger charge is 2.08. The van der Waals surface area contributed by atoms with E-state index in [1.165, 1.54) is 0 Å². The maximum atomic E-state index is 5.91.